The second-order valence-corrected chi connectivity index (χ2v) is 4.99. The number of rotatable bonds is 3. The smallest absolute Gasteiger partial charge is 0.150 e. The summed E-state index contributed by atoms with van der Waals surface area (Å²) in [6.07, 6.45) is 0. The molecule has 2 aromatic carbocycles. The maximum absolute atomic E-state index is 14.1. The Morgan fingerprint density at radius 1 is 1.10 bits per heavy atom. The number of aryl methyl sites for hydroxylation is 1. The first-order valence-corrected chi connectivity index (χ1v) is 6.40. The molecule has 0 fully saturated rings. The fourth-order valence-corrected chi connectivity index (χ4v) is 2.04. The lowest BCUT2D eigenvalue weighted by Crippen LogP contribution is -2.16. The van der Waals surface area contributed by atoms with Gasteiger partial charge < -0.3 is 10.6 Å². The zero-order valence-electron chi connectivity index (χ0n) is 11.2. The molecular formula is C15H14F2N2S. The van der Waals surface area contributed by atoms with Gasteiger partial charge in [-0.05, 0) is 31.2 Å². The standard InChI is InChI=1S/C15H14F2N2S/c1-9-3-5-11(6-4-9)19(2)14-12(16)7-10(15(18)20)8-13(14)17/h3-8H,1-2H3,(H2,18,20). The van der Waals surface area contributed by atoms with Crippen LogP contribution in [0.25, 0.3) is 0 Å². The van der Waals surface area contributed by atoms with Crippen molar-refractivity contribution in [2.75, 3.05) is 11.9 Å². The number of nitrogens with two attached hydrogens (primary N) is 1. The fourth-order valence-electron chi connectivity index (χ4n) is 1.93. The molecule has 0 unspecified atom stereocenters. The van der Waals surface area contributed by atoms with Crippen molar-refractivity contribution in [3.63, 3.8) is 0 Å². The molecule has 0 amide bonds. The Balaban J connectivity index is 2.47. The summed E-state index contributed by atoms with van der Waals surface area (Å²) < 4.78 is 28.2. The number of anilines is 2. The van der Waals surface area contributed by atoms with Gasteiger partial charge in [0.15, 0.2) is 11.6 Å². The van der Waals surface area contributed by atoms with E-state index in [1.54, 1.807) is 19.2 Å². The van der Waals surface area contributed by atoms with Crippen LogP contribution in [0.3, 0.4) is 0 Å². The van der Waals surface area contributed by atoms with Crippen LogP contribution in [0.5, 0.6) is 0 Å². The Bertz CT molecular complexity index is 630. The highest BCUT2D eigenvalue weighted by Gasteiger charge is 2.17. The van der Waals surface area contributed by atoms with E-state index in [1.165, 1.54) is 4.90 Å². The first-order valence-electron chi connectivity index (χ1n) is 5.99. The predicted octanol–water partition coefficient (Wildman–Crippen LogP) is 3.68. The van der Waals surface area contributed by atoms with Gasteiger partial charge in [0.1, 0.15) is 10.7 Å². The van der Waals surface area contributed by atoms with Gasteiger partial charge in [-0.25, -0.2) is 8.78 Å². The van der Waals surface area contributed by atoms with E-state index in [-0.39, 0.29) is 16.2 Å². The van der Waals surface area contributed by atoms with Gasteiger partial charge in [0.2, 0.25) is 0 Å². The molecule has 2 rings (SSSR count). The minimum atomic E-state index is -0.698. The molecule has 0 heterocycles. The van der Waals surface area contributed by atoms with Crippen LogP contribution in [0.2, 0.25) is 0 Å². The van der Waals surface area contributed by atoms with E-state index in [0.717, 1.165) is 17.7 Å². The molecule has 104 valence electrons. The minimum absolute atomic E-state index is 0.0349. The number of nitrogens with zero attached hydrogens (tertiary/aromatic N) is 1. The molecule has 0 saturated carbocycles. The van der Waals surface area contributed by atoms with Gasteiger partial charge in [-0.15, -0.1) is 0 Å². The number of halogens is 2. The van der Waals surface area contributed by atoms with Gasteiger partial charge in [0, 0.05) is 18.3 Å². The molecule has 20 heavy (non-hydrogen) atoms. The third kappa shape index (κ3) is 2.77. The Labute approximate surface area is 121 Å². The first kappa shape index (κ1) is 14.4. The van der Waals surface area contributed by atoms with Crippen molar-refractivity contribution < 1.29 is 8.78 Å². The fraction of sp³-hybridized carbons (Fsp3) is 0.133. The molecule has 0 aliphatic heterocycles. The van der Waals surface area contributed by atoms with Crippen molar-refractivity contribution in [1.82, 2.24) is 0 Å². The third-order valence-corrected chi connectivity index (χ3v) is 3.29. The lowest BCUT2D eigenvalue weighted by molar-refractivity contribution is 0.583. The molecule has 2 N–H and O–H groups in total. The highest BCUT2D eigenvalue weighted by atomic mass is 32.1. The Hall–Kier alpha value is -2.01. The van der Waals surface area contributed by atoms with E-state index in [4.69, 9.17) is 18.0 Å². The molecular weight excluding hydrogens is 278 g/mol. The summed E-state index contributed by atoms with van der Waals surface area (Å²) in [7, 11) is 1.60. The summed E-state index contributed by atoms with van der Waals surface area (Å²) in [5.41, 5.74) is 7.20. The van der Waals surface area contributed by atoms with Crippen LogP contribution >= 0.6 is 12.2 Å². The van der Waals surface area contributed by atoms with Gasteiger partial charge in [0.05, 0.1) is 0 Å². The Morgan fingerprint density at radius 3 is 2.05 bits per heavy atom. The van der Waals surface area contributed by atoms with E-state index >= 15 is 0 Å². The van der Waals surface area contributed by atoms with E-state index in [2.05, 4.69) is 0 Å². The molecule has 5 heteroatoms. The summed E-state index contributed by atoms with van der Waals surface area (Å²) in [6, 6.07) is 9.65. The van der Waals surface area contributed by atoms with Crippen LogP contribution in [0.1, 0.15) is 11.1 Å². The average Bonchev–Trinajstić information content (AvgIpc) is 2.38. The van der Waals surface area contributed by atoms with Gasteiger partial charge in [-0.2, -0.15) is 0 Å². The van der Waals surface area contributed by atoms with Crippen LogP contribution in [0.15, 0.2) is 36.4 Å². The summed E-state index contributed by atoms with van der Waals surface area (Å²) in [6.45, 7) is 1.95. The molecule has 0 aliphatic rings. The molecule has 0 atom stereocenters. The Kier molecular flexibility index (Phi) is 3.99. The predicted molar refractivity (Wildman–Crippen MR) is 81.5 cm³/mol. The van der Waals surface area contributed by atoms with Crippen molar-refractivity contribution in [1.29, 1.82) is 0 Å². The number of thiocarbonyl (C=S) groups is 1. The van der Waals surface area contributed by atoms with Crippen LogP contribution in [-0.4, -0.2) is 12.0 Å². The highest BCUT2D eigenvalue weighted by Crippen LogP contribution is 2.30. The third-order valence-electron chi connectivity index (χ3n) is 3.06. The maximum atomic E-state index is 14.1. The zero-order valence-corrected chi connectivity index (χ0v) is 12.0. The average molecular weight is 292 g/mol. The summed E-state index contributed by atoms with van der Waals surface area (Å²) >= 11 is 4.73. The van der Waals surface area contributed by atoms with Crippen molar-refractivity contribution in [2.24, 2.45) is 5.73 Å². The molecule has 0 bridgehead atoms. The second-order valence-electron chi connectivity index (χ2n) is 4.55. The highest BCUT2D eigenvalue weighted by molar-refractivity contribution is 7.80. The quantitative estimate of drug-likeness (QED) is 0.875. The summed E-state index contributed by atoms with van der Waals surface area (Å²) in [4.78, 5) is 1.42. The van der Waals surface area contributed by atoms with Crippen molar-refractivity contribution in [2.45, 2.75) is 6.92 Å². The summed E-state index contributed by atoms with van der Waals surface area (Å²) in [5, 5.41) is 0. The molecule has 0 radical (unpaired) electrons. The van der Waals surface area contributed by atoms with E-state index in [1.807, 2.05) is 19.1 Å². The van der Waals surface area contributed by atoms with Crippen molar-refractivity contribution in [3.8, 4) is 0 Å². The van der Waals surface area contributed by atoms with Crippen LogP contribution < -0.4 is 10.6 Å². The van der Waals surface area contributed by atoms with Gasteiger partial charge in [0.25, 0.3) is 0 Å². The topological polar surface area (TPSA) is 29.3 Å². The monoisotopic (exact) mass is 292 g/mol. The van der Waals surface area contributed by atoms with E-state index in [9.17, 15) is 8.78 Å². The van der Waals surface area contributed by atoms with Crippen molar-refractivity contribution in [3.05, 3.63) is 59.2 Å². The van der Waals surface area contributed by atoms with E-state index in [0.29, 0.717) is 5.69 Å². The molecule has 2 nitrogen and oxygen atoms in total. The van der Waals surface area contributed by atoms with Crippen LogP contribution in [-0.2, 0) is 0 Å². The second kappa shape index (κ2) is 5.54. The maximum Gasteiger partial charge on any atom is 0.150 e. The normalized spacial score (nSPS) is 10.4. The largest absolute Gasteiger partial charge is 0.389 e. The number of hydrogen-bond acceptors (Lipinski definition) is 2. The lowest BCUT2D eigenvalue weighted by Gasteiger charge is -2.21. The van der Waals surface area contributed by atoms with Crippen LogP contribution in [0, 0.1) is 18.6 Å². The van der Waals surface area contributed by atoms with Gasteiger partial charge in [-0.3, -0.25) is 0 Å². The van der Waals surface area contributed by atoms with Crippen molar-refractivity contribution >= 4 is 28.6 Å². The molecule has 0 aromatic heterocycles. The summed E-state index contributed by atoms with van der Waals surface area (Å²) in [5.74, 6) is -1.40. The molecule has 0 spiro atoms. The van der Waals surface area contributed by atoms with Gasteiger partial charge in [-0.1, -0.05) is 29.9 Å². The van der Waals surface area contributed by atoms with Gasteiger partial charge >= 0.3 is 0 Å². The first-order chi connectivity index (χ1) is 9.40. The minimum Gasteiger partial charge on any atom is -0.389 e. The molecule has 2 aromatic rings. The number of hydrogen-bond donors (Lipinski definition) is 1. The SMILES string of the molecule is Cc1ccc(N(C)c2c(F)cc(C(N)=S)cc2F)cc1. The molecule has 0 saturated heterocycles. The Morgan fingerprint density at radius 2 is 1.60 bits per heavy atom. The van der Waals surface area contributed by atoms with Crippen LogP contribution in [0.4, 0.5) is 20.2 Å². The molecule has 0 aliphatic carbocycles. The zero-order chi connectivity index (χ0) is 14.9. The number of benzene rings is 2. The lowest BCUT2D eigenvalue weighted by atomic mass is 10.1. The van der Waals surface area contributed by atoms with E-state index < -0.39 is 11.6 Å².